The fourth-order valence-corrected chi connectivity index (χ4v) is 63.0. The molecule has 21 heteroatoms. The van der Waals surface area contributed by atoms with E-state index >= 15 is 0 Å². The van der Waals surface area contributed by atoms with Gasteiger partial charge in [0.05, 0.1) is 6.61 Å². The number of hydrogen-bond acceptors (Lipinski definition) is 14. The van der Waals surface area contributed by atoms with Gasteiger partial charge in [-0.2, -0.15) is 0 Å². The van der Waals surface area contributed by atoms with Gasteiger partial charge in [0.2, 0.25) is 0 Å². The van der Waals surface area contributed by atoms with Crippen molar-refractivity contribution in [1.82, 2.24) is 0 Å². The first kappa shape index (κ1) is 55.9. The summed E-state index contributed by atoms with van der Waals surface area (Å²) in [4.78, 5) is 12.8. The van der Waals surface area contributed by atoms with Crippen LogP contribution in [0.25, 0.3) is 0 Å². The summed E-state index contributed by atoms with van der Waals surface area (Å²) in [5.41, 5.74) is 0.582. The van der Waals surface area contributed by atoms with Crippen LogP contribution in [0.1, 0.15) is 244 Å². The van der Waals surface area contributed by atoms with E-state index < -0.39 is 61.4 Å². The molecule has 72 heavy (non-hydrogen) atoms. The molecule has 0 aromatic heterocycles. The maximum absolute atomic E-state index is 12.8. The van der Waals surface area contributed by atoms with Gasteiger partial charge >= 0.3 is 67.4 Å². The van der Waals surface area contributed by atoms with E-state index in [0.717, 1.165) is 186 Å². The van der Waals surface area contributed by atoms with Crippen molar-refractivity contribution in [3.05, 3.63) is 12.2 Å². The Kier molecular flexibility index (Phi) is 19.1. The van der Waals surface area contributed by atoms with E-state index in [1.165, 1.54) is 44.9 Å². The van der Waals surface area contributed by atoms with Crippen molar-refractivity contribution in [3.8, 4) is 0 Å². The second-order valence-corrected chi connectivity index (χ2v) is 47.9. The summed E-state index contributed by atoms with van der Waals surface area (Å²) in [6, 6.07) is 0.691. The Bertz CT molecular complexity index is 1720. The Balaban J connectivity index is 1.26. The monoisotopic (exact) mass is 1140 g/mol. The van der Waals surface area contributed by atoms with E-state index in [4.69, 9.17) is 63.0 Å². The first-order valence-corrected chi connectivity index (χ1v) is 43.3. The number of rotatable bonds is 15. The van der Waals surface area contributed by atoms with Gasteiger partial charge in [-0.15, -0.1) is 0 Å². The second kappa shape index (κ2) is 24.6. The van der Waals surface area contributed by atoms with Crippen molar-refractivity contribution >= 4 is 80.3 Å². The van der Waals surface area contributed by atoms with Gasteiger partial charge in [-0.1, -0.05) is 141 Å². The summed E-state index contributed by atoms with van der Waals surface area (Å²) in [5.74, 6) is -0.344. The highest BCUT2D eigenvalue weighted by atomic mass is 32.1. The summed E-state index contributed by atoms with van der Waals surface area (Å²) in [6.45, 7) is 5.90. The summed E-state index contributed by atoms with van der Waals surface area (Å²) in [6.07, 6.45) is 38.3. The van der Waals surface area contributed by atoms with Crippen molar-refractivity contribution in [2.24, 2.45) is 0 Å². The Morgan fingerprint density at radius 1 is 0.431 bits per heavy atom. The zero-order valence-corrected chi connectivity index (χ0v) is 52.5. The number of ether oxygens (including phenoxy) is 1. The third-order valence-electron chi connectivity index (χ3n) is 19.4. The van der Waals surface area contributed by atoms with E-state index in [1.54, 1.807) is 6.92 Å². The molecule has 7 aliphatic carbocycles. The molecule has 3 aliphatic heterocycles. The SMILES string of the molecule is C=C(C)C(=O)OCCCC[Si]1(C2CCCCC2)O[Si]2(C3CCCCC3)O[Si](OC)(C3CCCCC3)O[Si]3(C4CCCCC4)O[Si](OS)(C4CCCCC4)O[Si](C4CCCCC4)(O1)O[Si](C1CCCCC1)(O2)O3. The minimum atomic E-state index is -4.09. The molecule has 3 heterocycles. The van der Waals surface area contributed by atoms with Crippen molar-refractivity contribution < 1.29 is 54.9 Å². The first-order chi connectivity index (χ1) is 35.0. The second-order valence-electron chi connectivity index (χ2n) is 24.4. The molecule has 3 saturated heterocycles. The minimum absolute atomic E-state index is 0.000738. The van der Waals surface area contributed by atoms with Crippen LogP contribution in [0.4, 0.5) is 0 Å². The van der Waals surface area contributed by atoms with E-state index in [1.807, 2.05) is 7.11 Å². The maximum atomic E-state index is 12.8. The smallest absolute Gasteiger partial charge is 0.462 e. The van der Waals surface area contributed by atoms with Crippen LogP contribution in [-0.2, 0) is 54.9 Å². The number of esters is 1. The molecule has 7 unspecified atom stereocenters. The predicted octanol–water partition coefficient (Wildman–Crippen LogP) is 15.0. The molecular formula is C51H94O13SSi7. The normalized spacial score (nSPS) is 40.4. The lowest BCUT2D eigenvalue weighted by Crippen LogP contribution is -2.85. The van der Waals surface area contributed by atoms with Gasteiger partial charge in [0.15, 0.2) is 0 Å². The molecule has 10 fully saturated rings. The highest BCUT2D eigenvalue weighted by molar-refractivity contribution is 7.76. The molecule has 4 bridgehead atoms. The van der Waals surface area contributed by atoms with Crippen LogP contribution in [0.5, 0.6) is 0 Å². The molecule has 0 aromatic carbocycles. The average Bonchev–Trinajstić information content (AvgIpc) is 3.42. The highest BCUT2D eigenvalue weighted by Crippen LogP contribution is 2.63. The van der Waals surface area contributed by atoms with Crippen LogP contribution in [-0.4, -0.2) is 81.1 Å². The summed E-state index contributed by atoms with van der Waals surface area (Å²) in [5, 5.41) is 0. The molecule has 0 radical (unpaired) electrons. The van der Waals surface area contributed by atoms with Crippen molar-refractivity contribution in [2.75, 3.05) is 13.7 Å². The number of fused-ring (bicyclic) bond motifs is 3. The number of thiol groups is 1. The van der Waals surface area contributed by atoms with Crippen LogP contribution < -0.4 is 0 Å². The van der Waals surface area contributed by atoms with Crippen LogP contribution >= 0.6 is 12.9 Å². The number of hydrogen-bond donors (Lipinski definition) is 1. The predicted molar refractivity (Wildman–Crippen MR) is 295 cm³/mol. The Morgan fingerprint density at radius 3 is 1.08 bits per heavy atom. The molecule has 0 N–H and O–H groups in total. The molecule has 10 rings (SSSR count). The lowest BCUT2D eigenvalue weighted by Gasteiger charge is -2.64. The largest absolute Gasteiger partial charge is 0.500 e. The van der Waals surface area contributed by atoms with Crippen LogP contribution in [0.3, 0.4) is 0 Å². The van der Waals surface area contributed by atoms with Crippen molar-refractivity contribution in [2.45, 2.75) is 289 Å². The highest BCUT2D eigenvalue weighted by Gasteiger charge is 2.83. The average molecular weight is 1140 g/mol. The third-order valence-corrected chi connectivity index (χ3v) is 54.3. The first-order valence-electron chi connectivity index (χ1n) is 30.1. The standard InChI is InChI=1S/C51H94O13SSi7/c1-43(2)51(52)54-41-25-26-42-66(44-27-11-4-12-28-44)56-69(47-33-17-7-18-34-47)58-67(53-3,45-29-13-5-14-30-45)59-71(49-37-21-9-22-38-49)61-68(55-65,46-31-15-6-16-32-46)60-70(57-66,48-35-19-8-20-36-48)63-72(62-69,64-71)50-39-23-10-24-40-50/h44-50,65H,1,4-42H2,2-3H3. The summed E-state index contributed by atoms with van der Waals surface area (Å²) in [7, 11) is -26.0. The number of unbranched alkanes of at least 4 members (excludes halogenated alkanes) is 1. The fraction of sp³-hybridized carbons (Fsp3) is 0.941. The van der Waals surface area contributed by atoms with E-state index in [-0.39, 0.29) is 44.8 Å². The zero-order chi connectivity index (χ0) is 49.8. The van der Waals surface area contributed by atoms with E-state index in [0.29, 0.717) is 24.6 Å². The third kappa shape index (κ3) is 11.6. The maximum Gasteiger partial charge on any atom is 0.500 e. The molecule has 0 amide bonds. The van der Waals surface area contributed by atoms with Gasteiger partial charge in [0.25, 0.3) is 0 Å². The van der Waals surface area contributed by atoms with Crippen LogP contribution in [0.2, 0.25) is 44.8 Å². The molecule has 10 aliphatic rings. The van der Waals surface area contributed by atoms with Gasteiger partial charge in [-0.3, -0.25) is 0 Å². The van der Waals surface area contributed by atoms with Crippen LogP contribution in [0.15, 0.2) is 12.2 Å². The van der Waals surface area contributed by atoms with Crippen molar-refractivity contribution in [1.29, 1.82) is 0 Å². The zero-order valence-electron chi connectivity index (χ0n) is 44.6. The Hall–Kier alpha value is 0.638. The molecular weight excluding hydrogens is 1050 g/mol. The van der Waals surface area contributed by atoms with Gasteiger partial charge < -0.3 is 50.1 Å². The molecule has 0 spiro atoms. The Morgan fingerprint density at radius 2 is 0.736 bits per heavy atom. The van der Waals surface area contributed by atoms with Gasteiger partial charge in [-0.05, 0) is 129 Å². The number of carbonyl (C=O) groups is 1. The van der Waals surface area contributed by atoms with Gasteiger partial charge in [0, 0.05) is 51.5 Å². The quantitative estimate of drug-likeness (QED) is 0.0418. The fourth-order valence-electron chi connectivity index (χ4n) is 15.4. The summed E-state index contributed by atoms with van der Waals surface area (Å²) < 4.78 is 98.2. The van der Waals surface area contributed by atoms with Gasteiger partial charge in [-0.25, -0.2) is 4.79 Å². The van der Waals surface area contributed by atoms with Crippen molar-refractivity contribution in [3.63, 3.8) is 0 Å². The molecule has 7 atom stereocenters. The molecule has 13 nitrogen and oxygen atoms in total. The number of carbonyl (C=O) groups excluding carboxylic acids is 1. The van der Waals surface area contributed by atoms with E-state index in [9.17, 15) is 4.79 Å². The van der Waals surface area contributed by atoms with E-state index in [2.05, 4.69) is 6.58 Å². The molecule has 7 saturated carbocycles. The molecule has 410 valence electrons. The Labute approximate surface area is 447 Å². The topological polar surface area (TPSA) is 128 Å². The lowest BCUT2D eigenvalue weighted by molar-refractivity contribution is -0.139. The molecule has 0 aromatic rings. The van der Waals surface area contributed by atoms with Gasteiger partial charge in [0.1, 0.15) is 0 Å². The summed E-state index contributed by atoms with van der Waals surface area (Å²) >= 11 is 5.06. The van der Waals surface area contributed by atoms with Crippen LogP contribution in [0, 0.1) is 0 Å². The lowest BCUT2D eigenvalue weighted by atomic mass is 10.0. The minimum Gasteiger partial charge on any atom is -0.462 e.